The Kier molecular flexibility index (Phi) is 4.24. The summed E-state index contributed by atoms with van der Waals surface area (Å²) in [6, 6.07) is 2.37. The van der Waals surface area contributed by atoms with Crippen LogP contribution in [-0.4, -0.2) is 34.9 Å². The van der Waals surface area contributed by atoms with Gasteiger partial charge in [-0.2, -0.15) is 0 Å². The second-order valence-electron chi connectivity index (χ2n) is 5.79. The number of amides is 1. The Morgan fingerprint density at radius 1 is 1.30 bits per heavy atom. The Labute approximate surface area is 128 Å². The number of likely N-dealkylation sites (tertiary alicyclic amines) is 1. The second kappa shape index (κ2) is 6.12. The number of rotatable bonds is 3. The van der Waals surface area contributed by atoms with Crippen molar-refractivity contribution in [2.75, 3.05) is 18.4 Å². The van der Waals surface area contributed by atoms with Gasteiger partial charge >= 0.3 is 0 Å². The minimum Gasteiger partial charge on any atom is -0.379 e. The molecule has 0 radical (unpaired) electrons. The van der Waals surface area contributed by atoms with Gasteiger partial charge in [0, 0.05) is 35.7 Å². The predicted octanol–water partition coefficient (Wildman–Crippen LogP) is 3.05. The van der Waals surface area contributed by atoms with Crippen LogP contribution >= 0.6 is 15.9 Å². The molecule has 1 aliphatic heterocycles. The van der Waals surface area contributed by atoms with Crippen LogP contribution in [0, 0.1) is 5.92 Å². The lowest BCUT2D eigenvalue weighted by Gasteiger charge is -2.21. The smallest absolute Gasteiger partial charge is 0.225 e. The summed E-state index contributed by atoms with van der Waals surface area (Å²) in [6.45, 7) is 1.70. The molecule has 1 aromatic rings. The van der Waals surface area contributed by atoms with E-state index in [0.29, 0.717) is 17.9 Å². The average Bonchev–Trinajstić information content (AvgIpc) is 3.09. The summed E-state index contributed by atoms with van der Waals surface area (Å²) in [4.78, 5) is 18.6. The zero-order valence-corrected chi connectivity index (χ0v) is 13.1. The monoisotopic (exact) mass is 337 g/mol. The molecular formula is C15H20BrN3O. The van der Waals surface area contributed by atoms with E-state index in [9.17, 15) is 4.79 Å². The fourth-order valence-electron chi connectivity index (χ4n) is 3.24. The van der Waals surface area contributed by atoms with Crippen LogP contribution in [-0.2, 0) is 4.79 Å². The number of carbonyl (C=O) groups is 1. The number of nitrogens with one attached hydrogen (secondary N) is 1. The molecule has 4 nitrogen and oxygen atoms in total. The first-order valence-corrected chi connectivity index (χ1v) is 8.17. The molecule has 0 aromatic carbocycles. The number of hydrogen-bond donors (Lipinski definition) is 1. The van der Waals surface area contributed by atoms with E-state index in [0.717, 1.165) is 42.5 Å². The molecule has 5 heteroatoms. The van der Waals surface area contributed by atoms with E-state index in [2.05, 4.69) is 26.2 Å². The Morgan fingerprint density at radius 2 is 2.10 bits per heavy atom. The molecule has 1 N–H and O–H groups in total. The number of carbonyl (C=O) groups excluding carboxylic acids is 1. The summed E-state index contributed by atoms with van der Waals surface area (Å²) in [5.41, 5.74) is 1.01. The number of nitrogens with zero attached hydrogens (tertiary/aromatic N) is 2. The number of anilines is 1. The van der Waals surface area contributed by atoms with Crippen LogP contribution in [0.2, 0.25) is 0 Å². The normalized spacial score (nSPS) is 23.2. The van der Waals surface area contributed by atoms with Crippen molar-refractivity contribution in [2.24, 2.45) is 5.92 Å². The minimum atomic E-state index is 0.293. The predicted molar refractivity (Wildman–Crippen MR) is 82.5 cm³/mol. The van der Waals surface area contributed by atoms with Crippen LogP contribution < -0.4 is 5.32 Å². The van der Waals surface area contributed by atoms with Crippen molar-refractivity contribution in [1.29, 1.82) is 0 Å². The quantitative estimate of drug-likeness (QED) is 0.921. The maximum absolute atomic E-state index is 12.4. The lowest BCUT2D eigenvalue weighted by atomic mass is 10.1. The van der Waals surface area contributed by atoms with Crippen LogP contribution in [0.4, 0.5) is 5.69 Å². The van der Waals surface area contributed by atoms with E-state index in [1.54, 1.807) is 6.20 Å². The summed E-state index contributed by atoms with van der Waals surface area (Å²) < 4.78 is 0.972. The van der Waals surface area contributed by atoms with E-state index in [1.807, 2.05) is 17.2 Å². The van der Waals surface area contributed by atoms with Gasteiger partial charge in [-0.3, -0.25) is 9.78 Å². The van der Waals surface area contributed by atoms with Crippen LogP contribution in [0.5, 0.6) is 0 Å². The first-order chi connectivity index (χ1) is 9.72. The highest BCUT2D eigenvalue weighted by Gasteiger charge is 2.32. The topological polar surface area (TPSA) is 45.2 Å². The van der Waals surface area contributed by atoms with Crippen molar-refractivity contribution in [3.63, 3.8) is 0 Å². The third-order valence-corrected chi connectivity index (χ3v) is 4.71. The number of hydrogen-bond acceptors (Lipinski definition) is 3. The Hall–Kier alpha value is -1.10. The summed E-state index contributed by atoms with van der Waals surface area (Å²) >= 11 is 3.42. The third-order valence-electron chi connectivity index (χ3n) is 4.28. The van der Waals surface area contributed by atoms with Crippen LogP contribution in [0.1, 0.15) is 32.1 Å². The van der Waals surface area contributed by atoms with Crippen LogP contribution in [0.15, 0.2) is 22.9 Å². The first kappa shape index (κ1) is 13.9. The summed E-state index contributed by atoms with van der Waals surface area (Å²) in [5.74, 6) is 0.667. The number of aromatic nitrogens is 1. The molecular weight excluding hydrogens is 318 g/mol. The number of halogens is 1. The molecule has 1 saturated heterocycles. The molecule has 0 bridgehead atoms. The minimum absolute atomic E-state index is 0.293. The van der Waals surface area contributed by atoms with E-state index in [4.69, 9.17) is 0 Å². The summed E-state index contributed by atoms with van der Waals surface area (Å²) in [7, 11) is 0. The molecule has 1 aromatic heterocycles. The zero-order chi connectivity index (χ0) is 13.9. The van der Waals surface area contributed by atoms with Crippen molar-refractivity contribution < 1.29 is 4.79 Å². The van der Waals surface area contributed by atoms with Gasteiger partial charge < -0.3 is 10.2 Å². The maximum Gasteiger partial charge on any atom is 0.225 e. The first-order valence-electron chi connectivity index (χ1n) is 7.38. The van der Waals surface area contributed by atoms with E-state index in [-0.39, 0.29) is 0 Å². The van der Waals surface area contributed by atoms with Crippen LogP contribution in [0.25, 0.3) is 0 Å². The fraction of sp³-hybridized carbons (Fsp3) is 0.600. The van der Waals surface area contributed by atoms with E-state index < -0.39 is 0 Å². The van der Waals surface area contributed by atoms with Gasteiger partial charge in [-0.15, -0.1) is 0 Å². The van der Waals surface area contributed by atoms with Crippen molar-refractivity contribution in [1.82, 2.24) is 9.88 Å². The van der Waals surface area contributed by atoms with Crippen LogP contribution in [0.3, 0.4) is 0 Å². The van der Waals surface area contributed by atoms with Gasteiger partial charge in [-0.05, 0) is 41.3 Å². The zero-order valence-electron chi connectivity index (χ0n) is 11.5. The van der Waals surface area contributed by atoms with Gasteiger partial charge in [0.05, 0.1) is 11.9 Å². The number of pyridine rings is 1. The van der Waals surface area contributed by atoms with E-state index in [1.165, 1.54) is 12.8 Å². The van der Waals surface area contributed by atoms with Gasteiger partial charge in [-0.25, -0.2) is 0 Å². The standard InChI is InChI=1S/C15H20BrN3O/c16-12-7-14(9-17-8-12)18-13-5-6-19(10-13)15(20)11-3-1-2-4-11/h7-9,11,13,18H,1-6,10H2. The van der Waals surface area contributed by atoms with Gasteiger partial charge in [0.15, 0.2) is 0 Å². The molecule has 108 valence electrons. The van der Waals surface area contributed by atoms with Crippen molar-refractivity contribution in [3.05, 3.63) is 22.9 Å². The van der Waals surface area contributed by atoms with Gasteiger partial charge in [-0.1, -0.05) is 12.8 Å². The Morgan fingerprint density at radius 3 is 2.85 bits per heavy atom. The van der Waals surface area contributed by atoms with Crippen molar-refractivity contribution in [2.45, 2.75) is 38.1 Å². The molecule has 2 aliphatic rings. The maximum atomic E-state index is 12.4. The fourth-order valence-corrected chi connectivity index (χ4v) is 3.60. The second-order valence-corrected chi connectivity index (χ2v) is 6.70. The lowest BCUT2D eigenvalue weighted by Crippen LogP contribution is -2.35. The SMILES string of the molecule is O=C(C1CCCC1)N1CCC(Nc2cncc(Br)c2)C1. The molecule has 1 amide bonds. The van der Waals surface area contributed by atoms with Gasteiger partial charge in [0.1, 0.15) is 0 Å². The molecule has 1 saturated carbocycles. The summed E-state index contributed by atoms with van der Waals surface area (Å²) in [5, 5.41) is 3.47. The van der Waals surface area contributed by atoms with Crippen molar-refractivity contribution >= 4 is 27.5 Å². The summed E-state index contributed by atoms with van der Waals surface area (Å²) in [6.07, 6.45) is 9.23. The van der Waals surface area contributed by atoms with Gasteiger partial charge in [0.2, 0.25) is 5.91 Å². The Bertz CT molecular complexity index is 488. The third kappa shape index (κ3) is 3.14. The molecule has 1 atom stereocenters. The molecule has 2 heterocycles. The van der Waals surface area contributed by atoms with Gasteiger partial charge in [0.25, 0.3) is 0 Å². The van der Waals surface area contributed by atoms with E-state index >= 15 is 0 Å². The largest absolute Gasteiger partial charge is 0.379 e. The molecule has 20 heavy (non-hydrogen) atoms. The molecule has 2 fully saturated rings. The molecule has 0 spiro atoms. The van der Waals surface area contributed by atoms with Crippen molar-refractivity contribution in [3.8, 4) is 0 Å². The highest BCUT2D eigenvalue weighted by Crippen LogP contribution is 2.28. The average molecular weight is 338 g/mol. The molecule has 1 unspecified atom stereocenters. The molecule has 1 aliphatic carbocycles. The lowest BCUT2D eigenvalue weighted by molar-refractivity contribution is -0.134. The molecule has 3 rings (SSSR count). The highest BCUT2D eigenvalue weighted by atomic mass is 79.9. The highest BCUT2D eigenvalue weighted by molar-refractivity contribution is 9.10. The Balaban J connectivity index is 1.55.